The van der Waals surface area contributed by atoms with Crippen molar-refractivity contribution in [3.05, 3.63) is 36.4 Å². The fraction of sp³-hybridized carbons (Fsp3) is 0.619. The van der Waals surface area contributed by atoms with E-state index >= 15 is 0 Å². The molecule has 10 nitrogen and oxygen atoms in total. The zero-order valence-electron chi connectivity index (χ0n) is 18.5. The molecule has 4 heterocycles. The normalized spacial score (nSPS) is 20.8. The number of hydrogen-bond donors (Lipinski definition) is 1. The molecule has 0 bridgehead atoms. The van der Waals surface area contributed by atoms with Gasteiger partial charge in [-0.25, -0.2) is 9.97 Å². The third kappa shape index (κ3) is 5.71. The summed E-state index contributed by atoms with van der Waals surface area (Å²) in [5.41, 5.74) is 1.11. The summed E-state index contributed by atoms with van der Waals surface area (Å²) in [6.45, 7) is 8.35. The summed E-state index contributed by atoms with van der Waals surface area (Å²) in [5, 5.41) is 7.80. The highest BCUT2D eigenvalue weighted by molar-refractivity contribution is 5.80. The highest BCUT2D eigenvalue weighted by Crippen LogP contribution is 2.21. The van der Waals surface area contributed by atoms with Gasteiger partial charge in [0.1, 0.15) is 6.10 Å². The van der Waals surface area contributed by atoms with Crippen LogP contribution in [0.5, 0.6) is 0 Å². The van der Waals surface area contributed by atoms with E-state index in [-0.39, 0.29) is 6.10 Å². The quantitative estimate of drug-likeness (QED) is 0.402. The minimum Gasteiger partial charge on any atom is -0.370 e. The van der Waals surface area contributed by atoms with Crippen molar-refractivity contribution >= 4 is 11.9 Å². The van der Waals surface area contributed by atoms with Crippen LogP contribution in [0.1, 0.15) is 18.1 Å². The summed E-state index contributed by atoms with van der Waals surface area (Å²) in [6.07, 6.45) is 8.63. The first kappa shape index (κ1) is 21.5. The summed E-state index contributed by atoms with van der Waals surface area (Å²) in [4.78, 5) is 20.3. The van der Waals surface area contributed by atoms with E-state index in [0.717, 1.165) is 76.3 Å². The second-order valence-electron chi connectivity index (χ2n) is 7.96. The van der Waals surface area contributed by atoms with Gasteiger partial charge in [-0.3, -0.25) is 14.6 Å². The molecule has 168 valence electrons. The minimum absolute atomic E-state index is 0.0332. The monoisotopic (exact) mass is 427 g/mol. The number of ether oxygens (including phenoxy) is 1. The van der Waals surface area contributed by atoms with Crippen molar-refractivity contribution in [3.63, 3.8) is 0 Å². The minimum atomic E-state index is 0.0332. The number of nitrogens with zero attached hydrogens (tertiary/aromatic N) is 8. The fourth-order valence-corrected chi connectivity index (χ4v) is 4.11. The van der Waals surface area contributed by atoms with E-state index in [9.17, 15) is 0 Å². The Balaban J connectivity index is 1.17. The summed E-state index contributed by atoms with van der Waals surface area (Å²) in [7, 11) is 3.78. The molecular weight excluding hydrogens is 394 g/mol. The van der Waals surface area contributed by atoms with Crippen LogP contribution in [0.4, 0.5) is 5.95 Å². The van der Waals surface area contributed by atoms with Gasteiger partial charge in [0.15, 0.2) is 5.96 Å². The van der Waals surface area contributed by atoms with Crippen molar-refractivity contribution in [2.24, 2.45) is 12.0 Å². The molecule has 0 aliphatic carbocycles. The first-order valence-electron chi connectivity index (χ1n) is 11.0. The van der Waals surface area contributed by atoms with Gasteiger partial charge < -0.3 is 19.9 Å². The van der Waals surface area contributed by atoms with Gasteiger partial charge in [-0.15, -0.1) is 0 Å². The highest BCUT2D eigenvalue weighted by atomic mass is 16.5. The van der Waals surface area contributed by atoms with Gasteiger partial charge >= 0.3 is 0 Å². The molecule has 0 aromatic carbocycles. The smallest absolute Gasteiger partial charge is 0.225 e. The molecule has 1 N–H and O–H groups in total. The molecule has 1 atom stereocenters. The lowest BCUT2D eigenvalue weighted by Crippen LogP contribution is -2.49. The average Bonchev–Trinajstić information content (AvgIpc) is 3.26. The molecule has 4 rings (SSSR count). The topological polar surface area (TPSA) is 86.9 Å². The van der Waals surface area contributed by atoms with Crippen molar-refractivity contribution < 1.29 is 4.74 Å². The maximum Gasteiger partial charge on any atom is 0.225 e. The Hall–Kier alpha value is -2.72. The van der Waals surface area contributed by atoms with Gasteiger partial charge in [0.25, 0.3) is 0 Å². The van der Waals surface area contributed by atoms with E-state index in [2.05, 4.69) is 40.1 Å². The Morgan fingerprint density at radius 2 is 2.00 bits per heavy atom. The number of piperazine rings is 1. The van der Waals surface area contributed by atoms with E-state index in [0.29, 0.717) is 6.61 Å². The van der Waals surface area contributed by atoms with Crippen LogP contribution in [0, 0.1) is 0 Å². The van der Waals surface area contributed by atoms with Crippen LogP contribution in [0.2, 0.25) is 0 Å². The number of anilines is 1. The average molecular weight is 428 g/mol. The van der Waals surface area contributed by atoms with E-state index in [4.69, 9.17) is 4.74 Å². The lowest BCUT2D eigenvalue weighted by molar-refractivity contribution is -0.00802. The highest BCUT2D eigenvalue weighted by Gasteiger charge is 2.25. The van der Waals surface area contributed by atoms with Crippen LogP contribution in [0.3, 0.4) is 0 Å². The molecular formula is C21H33N9O. The van der Waals surface area contributed by atoms with Gasteiger partial charge in [-0.1, -0.05) is 0 Å². The van der Waals surface area contributed by atoms with Crippen molar-refractivity contribution in [2.75, 3.05) is 70.9 Å². The maximum absolute atomic E-state index is 5.95. The second-order valence-corrected chi connectivity index (χ2v) is 7.96. The largest absolute Gasteiger partial charge is 0.370 e. The molecule has 0 spiro atoms. The van der Waals surface area contributed by atoms with Crippen molar-refractivity contribution in [3.8, 4) is 0 Å². The van der Waals surface area contributed by atoms with Gasteiger partial charge in [-0.05, 0) is 19.0 Å². The molecule has 2 aromatic heterocycles. The van der Waals surface area contributed by atoms with Crippen LogP contribution >= 0.6 is 0 Å². The molecule has 2 aromatic rings. The lowest BCUT2D eigenvalue weighted by Gasteiger charge is -2.35. The Morgan fingerprint density at radius 3 is 2.71 bits per heavy atom. The molecule has 2 aliphatic heterocycles. The molecule has 2 aliphatic rings. The fourth-order valence-electron chi connectivity index (χ4n) is 4.11. The molecule has 0 amide bonds. The van der Waals surface area contributed by atoms with Crippen LogP contribution in [0.25, 0.3) is 0 Å². The Kier molecular flexibility index (Phi) is 7.31. The van der Waals surface area contributed by atoms with Gasteiger partial charge in [0.2, 0.25) is 5.95 Å². The van der Waals surface area contributed by atoms with Crippen LogP contribution < -0.4 is 10.2 Å². The molecule has 0 radical (unpaired) electrons. The Labute approximate surface area is 183 Å². The number of rotatable bonds is 6. The number of hydrogen-bond acceptors (Lipinski definition) is 7. The SMILES string of the molecule is CN=C(NCCCN1CCN(c2ncccn2)CC1)N1CCOC(c2cnn(C)c2)C1. The predicted octanol–water partition coefficient (Wildman–Crippen LogP) is 0.371. The number of morpholine rings is 1. The van der Waals surface area contributed by atoms with Crippen LogP contribution in [0.15, 0.2) is 35.8 Å². The lowest BCUT2D eigenvalue weighted by atomic mass is 10.1. The van der Waals surface area contributed by atoms with Crippen molar-refractivity contribution in [1.82, 2.24) is 34.9 Å². The number of nitrogens with one attached hydrogen (secondary N) is 1. The molecule has 1 unspecified atom stereocenters. The van der Waals surface area contributed by atoms with Gasteiger partial charge in [0.05, 0.1) is 19.3 Å². The van der Waals surface area contributed by atoms with E-state index in [1.807, 2.05) is 37.2 Å². The van der Waals surface area contributed by atoms with Crippen LogP contribution in [-0.4, -0.2) is 102 Å². The van der Waals surface area contributed by atoms with E-state index < -0.39 is 0 Å². The first-order valence-corrected chi connectivity index (χ1v) is 11.0. The third-order valence-corrected chi connectivity index (χ3v) is 5.82. The summed E-state index contributed by atoms with van der Waals surface area (Å²) in [6, 6.07) is 1.86. The van der Waals surface area contributed by atoms with Crippen molar-refractivity contribution in [1.29, 1.82) is 0 Å². The zero-order valence-corrected chi connectivity index (χ0v) is 18.5. The molecule has 31 heavy (non-hydrogen) atoms. The summed E-state index contributed by atoms with van der Waals surface area (Å²) < 4.78 is 7.77. The number of guanidine groups is 1. The molecule has 2 saturated heterocycles. The summed E-state index contributed by atoms with van der Waals surface area (Å²) >= 11 is 0. The predicted molar refractivity (Wildman–Crippen MR) is 120 cm³/mol. The second kappa shape index (κ2) is 10.5. The molecule has 2 fully saturated rings. The number of aliphatic imine (C=N–C) groups is 1. The first-order chi connectivity index (χ1) is 15.2. The zero-order chi connectivity index (χ0) is 21.5. The third-order valence-electron chi connectivity index (χ3n) is 5.82. The number of aryl methyl sites for hydroxylation is 1. The van der Waals surface area contributed by atoms with Gasteiger partial charge in [-0.2, -0.15) is 5.10 Å². The van der Waals surface area contributed by atoms with E-state index in [1.54, 1.807) is 12.4 Å². The Morgan fingerprint density at radius 1 is 1.19 bits per heavy atom. The molecule has 10 heteroatoms. The summed E-state index contributed by atoms with van der Waals surface area (Å²) in [5.74, 6) is 1.78. The Bertz CT molecular complexity index is 832. The van der Waals surface area contributed by atoms with Crippen molar-refractivity contribution in [2.45, 2.75) is 12.5 Å². The standard InChI is InChI=1S/C21H33N9O/c1-22-20(30-13-14-31-19(17-30)18-15-26-27(2)16-18)23-7-4-8-28-9-11-29(12-10-28)21-24-5-3-6-25-21/h3,5-6,15-16,19H,4,7-14,17H2,1-2H3,(H,22,23). The van der Waals surface area contributed by atoms with Crippen LogP contribution in [-0.2, 0) is 11.8 Å². The molecule has 0 saturated carbocycles. The van der Waals surface area contributed by atoms with Gasteiger partial charge in [0, 0.05) is 77.5 Å². The number of aromatic nitrogens is 4. The maximum atomic E-state index is 5.95. The van der Waals surface area contributed by atoms with E-state index in [1.165, 1.54) is 0 Å².